The molecule has 1 amide bonds. The van der Waals surface area contributed by atoms with E-state index in [-0.39, 0.29) is 5.91 Å². The van der Waals surface area contributed by atoms with Gasteiger partial charge < -0.3 is 4.74 Å². The molecule has 1 aromatic heterocycles. The van der Waals surface area contributed by atoms with Gasteiger partial charge >= 0.3 is 6.09 Å². The summed E-state index contributed by atoms with van der Waals surface area (Å²) >= 11 is 0. The lowest BCUT2D eigenvalue weighted by atomic mass is 10.1. The second-order valence-corrected chi connectivity index (χ2v) is 8.46. The number of fused-ring (bicyclic) bond motifs is 1. The van der Waals surface area contributed by atoms with Gasteiger partial charge in [0.2, 0.25) is 5.91 Å². The van der Waals surface area contributed by atoms with Crippen LogP contribution >= 0.6 is 0 Å². The molecule has 0 saturated heterocycles. The van der Waals surface area contributed by atoms with E-state index in [1.807, 2.05) is 32.0 Å². The molecule has 0 N–H and O–H groups in total. The van der Waals surface area contributed by atoms with Crippen LogP contribution in [0.25, 0.3) is 10.9 Å². The van der Waals surface area contributed by atoms with E-state index in [9.17, 15) is 14.0 Å². The molecule has 7 heteroatoms. The van der Waals surface area contributed by atoms with Crippen LogP contribution in [0.4, 0.5) is 14.9 Å². The van der Waals surface area contributed by atoms with Crippen LogP contribution in [0, 0.1) is 19.7 Å². The standard InChI is InChI=1S/C24H26FN3O3/c1-15-7-10-21(16(2)11-15)28(17(3)29)26-13-18-14-27(23(30)31-24(4,5)6)22-12-19(25)8-9-20(18)22/h7-14H,1-6H3/b26-13+. The van der Waals surface area contributed by atoms with Crippen molar-refractivity contribution in [3.8, 4) is 0 Å². The zero-order valence-corrected chi connectivity index (χ0v) is 18.6. The Hall–Kier alpha value is -3.48. The van der Waals surface area contributed by atoms with E-state index in [0.717, 1.165) is 11.1 Å². The van der Waals surface area contributed by atoms with Crippen molar-refractivity contribution < 1.29 is 18.7 Å². The third-order valence-corrected chi connectivity index (χ3v) is 4.58. The molecule has 0 aliphatic heterocycles. The minimum Gasteiger partial charge on any atom is -0.443 e. The van der Waals surface area contributed by atoms with Gasteiger partial charge in [-0.15, -0.1) is 0 Å². The maximum absolute atomic E-state index is 13.9. The predicted molar refractivity (Wildman–Crippen MR) is 120 cm³/mol. The van der Waals surface area contributed by atoms with E-state index < -0.39 is 17.5 Å². The molecule has 0 bridgehead atoms. The Bertz CT molecular complexity index is 1190. The van der Waals surface area contributed by atoms with Crippen LogP contribution in [0.2, 0.25) is 0 Å². The van der Waals surface area contributed by atoms with E-state index in [0.29, 0.717) is 22.2 Å². The molecule has 162 valence electrons. The highest BCUT2D eigenvalue weighted by molar-refractivity contribution is 6.04. The van der Waals surface area contributed by atoms with Gasteiger partial charge in [-0.1, -0.05) is 17.7 Å². The fraction of sp³-hybridized carbons (Fsp3) is 0.292. The van der Waals surface area contributed by atoms with E-state index in [4.69, 9.17) is 4.74 Å². The Morgan fingerprint density at radius 1 is 1.13 bits per heavy atom. The Kier molecular flexibility index (Phi) is 5.97. The summed E-state index contributed by atoms with van der Waals surface area (Å²) in [4.78, 5) is 24.9. The molecule has 0 radical (unpaired) electrons. The Morgan fingerprint density at radius 3 is 2.45 bits per heavy atom. The van der Waals surface area contributed by atoms with Crippen molar-refractivity contribution in [1.82, 2.24) is 4.57 Å². The molecule has 0 fully saturated rings. The SMILES string of the molecule is CC(=O)N(/N=C/c1cn(C(=O)OC(C)(C)C)c2cc(F)ccc12)c1ccc(C)cc1C. The summed E-state index contributed by atoms with van der Waals surface area (Å²) in [5.74, 6) is -0.732. The van der Waals surface area contributed by atoms with E-state index in [1.165, 1.54) is 41.0 Å². The van der Waals surface area contributed by atoms with Crippen molar-refractivity contribution in [2.24, 2.45) is 5.10 Å². The van der Waals surface area contributed by atoms with Crippen molar-refractivity contribution in [1.29, 1.82) is 0 Å². The summed E-state index contributed by atoms with van der Waals surface area (Å²) in [7, 11) is 0. The monoisotopic (exact) mass is 423 g/mol. The van der Waals surface area contributed by atoms with Gasteiger partial charge in [-0.25, -0.2) is 14.2 Å². The van der Waals surface area contributed by atoms with Gasteiger partial charge in [0.25, 0.3) is 0 Å². The fourth-order valence-electron chi connectivity index (χ4n) is 3.27. The average Bonchev–Trinajstić information content (AvgIpc) is 2.99. The number of hydrogen-bond acceptors (Lipinski definition) is 4. The van der Waals surface area contributed by atoms with Crippen LogP contribution in [0.3, 0.4) is 0 Å². The highest BCUT2D eigenvalue weighted by Crippen LogP contribution is 2.25. The zero-order valence-electron chi connectivity index (χ0n) is 18.6. The number of hydrogen-bond donors (Lipinski definition) is 0. The van der Waals surface area contributed by atoms with Crippen molar-refractivity contribution in [2.45, 2.75) is 47.1 Å². The molecule has 1 heterocycles. The number of carbonyl (C=O) groups excluding carboxylic acids is 2. The highest BCUT2D eigenvalue weighted by atomic mass is 19.1. The number of halogens is 1. The summed E-state index contributed by atoms with van der Waals surface area (Å²) in [5, 5.41) is 6.29. The third kappa shape index (κ3) is 4.99. The molecule has 0 atom stereocenters. The maximum atomic E-state index is 13.9. The Labute approximate surface area is 180 Å². The molecular formula is C24H26FN3O3. The fourth-order valence-corrected chi connectivity index (χ4v) is 3.27. The zero-order chi connectivity index (χ0) is 22.9. The van der Waals surface area contributed by atoms with Crippen LogP contribution in [-0.2, 0) is 9.53 Å². The van der Waals surface area contributed by atoms with E-state index in [1.54, 1.807) is 26.8 Å². The molecule has 0 spiro atoms. The van der Waals surface area contributed by atoms with Gasteiger partial charge in [0.1, 0.15) is 11.4 Å². The molecular weight excluding hydrogens is 397 g/mol. The highest BCUT2D eigenvalue weighted by Gasteiger charge is 2.21. The first-order valence-electron chi connectivity index (χ1n) is 9.92. The number of anilines is 1. The average molecular weight is 423 g/mol. The minimum atomic E-state index is -0.705. The Balaban J connectivity index is 2.06. The van der Waals surface area contributed by atoms with Crippen molar-refractivity contribution in [3.63, 3.8) is 0 Å². The first-order valence-corrected chi connectivity index (χ1v) is 9.92. The lowest BCUT2D eigenvalue weighted by molar-refractivity contribution is -0.116. The number of nitrogens with zero attached hydrogens (tertiary/aromatic N) is 3. The van der Waals surface area contributed by atoms with Gasteiger partial charge in [-0.3, -0.25) is 9.36 Å². The molecule has 2 aromatic carbocycles. The van der Waals surface area contributed by atoms with Crippen LogP contribution in [-0.4, -0.2) is 28.4 Å². The van der Waals surface area contributed by atoms with Gasteiger partial charge in [-0.2, -0.15) is 5.10 Å². The summed E-state index contributed by atoms with van der Waals surface area (Å²) < 4.78 is 20.6. The summed E-state index contributed by atoms with van der Waals surface area (Å²) in [5.41, 5.74) is 2.86. The second kappa shape index (κ2) is 8.34. The van der Waals surface area contributed by atoms with Gasteiger partial charge in [-0.05, 0) is 64.4 Å². The van der Waals surface area contributed by atoms with Crippen molar-refractivity contribution in [2.75, 3.05) is 5.01 Å². The number of ether oxygens (including phenoxy) is 1. The number of rotatable bonds is 3. The van der Waals surface area contributed by atoms with E-state index >= 15 is 0 Å². The van der Waals surface area contributed by atoms with E-state index in [2.05, 4.69) is 5.10 Å². The molecule has 3 aromatic rings. The smallest absolute Gasteiger partial charge is 0.419 e. The third-order valence-electron chi connectivity index (χ3n) is 4.58. The normalized spacial score (nSPS) is 11.8. The lowest BCUT2D eigenvalue weighted by Crippen LogP contribution is -2.26. The number of aromatic nitrogens is 1. The summed E-state index contributed by atoms with van der Waals surface area (Å²) in [6.45, 7) is 10.6. The quantitative estimate of drug-likeness (QED) is 0.409. The van der Waals surface area contributed by atoms with Gasteiger partial charge in [0, 0.05) is 24.1 Å². The van der Waals surface area contributed by atoms with Gasteiger partial charge in [0.15, 0.2) is 0 Å². The molecule has 6 nitrogen and oxygen atoms in total. The molecule has 31 heavy (non-hydrogen) atoms. The van der Waals surface area contributed by atoms with Crippen LogP contribution < -0.4 is 5.01 Å². The number of carbonyl (C=O) groups is 2. The maximum Gasteiger partial charge on any atom is 0.419 e. The first kappa shape index (κ1) is 22.2. The Morgan fingerprint density at radius 2 is 1.84 bits per heavy atom. The minimum absolute atomic E-state index is 0.259. The molecule has 0 saturated carbocycles. The first-order chi connectivity index (χ1) is 14.5. The van der Waals surface area contributed by atoms with Crippen molar-refractivity contribution in [3.05, 3.63) is 65.1 Å². The van der Waals surface area contributed by atoms with Crippen molar-refractivity contribution >= 4 is 34.8 Å². The topological polar surface area (TPSA) is 63.9 Å². The van der Waals surface area contributed by atoms with Crippen LogP contribution in [0.1, 0.15) is 44.4 Å². The number of benzene rings is 2. The number of hydrazone groups is 1. The predicted octanol–water partition coefficient (Wildman–Crippen LogP) is 5.57. The van der Waals surface area contributed by atoms with Crippen LogP contribution in [0.15, 0.2) is 47.7 Å². The summed E-state index contributed by atoms with van der Waals surface area (Å²) in [6, 6.07) is 9.86. The lowest BCUT2D eigenvalue weighted by Gasteiger charge is -2.19. The summed E-state index contributed by atoms with van der Waals surface area (Å²) in [6.07, 6.45) is 2.39. The molecule has 0 aliphatic rings. The second-order valence-electron chi connectivity index (χ2n) is 8.46. The van der Waals surface area contributed by atoms with Crippen LogP contribution in [0.5, 0.6) is 0 Å². The number of aryl methyl sites for hydroxylation is 2. The van der Waals surface area contributed by atoms with Gasteiger partial charge in [0.05, 0.1) is 17.4 Å². The largest absolute Gasteiger partial charge is 0.443 e. The number of amides is 1. The molecule has 0 unspecified atom stereocenters. The molecule has 0 aliphatic carbocycles. The molecule has 3 rings (SSSR count).